The fraction of sp³-hybridized carbons (Fsp3) is 0.333. The number of carbonyl (C=O) groups excluding carboxylic acids is 2. The van der Waals surface area contributed by atoms with Gasteiger partial charge in [0.1, 0.15) is 40.5 Å². The molecule has 2 aromatic heterocycles. The maximum atomic E-state index is 14.8. The van der Waals surface area contributed by atoms with Crippen LogP contribution in [-0.4, -0.2) is 52.3 Å². The molecule has 2 aliphatic rings. The van der Waals surface area contributed by atoms with E-state index in [0.717, 1.165) is 36.7 Å². The van der Waals surface area contributed by atoms with Crippen molar-refractivity contribution in [2.24, 2.45) is 5.73 Å². The molecular formula is C33H30F4N4O5. The molecule has 2 atom stereocenters. The van der Waals surface area contributed by atoms with E-state index in [-0.39, 0.29) is 47.3 Å². The first kappa shape index (κ1) is 31.2. The van der Waals surface area contributed by atoms with Crippen LogP contribution in [0.4, 0.5) is 17.6 Å². The predicted molar refractivity (Wildman–Crippen MR) is 159 cm³/mol. The summed E-state index contributed by atoms with van der Waals surface area (Å²) in [6.45, 7) is 1.83. The molecule has 0 bridgehead atoms. The van der Waals surface area contributed by atoms with E-state index in [1.54, 1.807) is 26.0 Å². The number of pyridine rings is 2. The van der Waals surface area contributed by atoms with Crippen LogP contribution < -0.4 is 20.5 Å². The summed E-state index contributed by atoms with van der Waals surface area (Å²) in [6, 6.07) is 12.0. The van der Waals surface area contributed by atoms with Crippen LogP contribution in [0.15, 0.2) is 54.6 Å². The number of hydrogen-bond donors (Lipinski definition) is 3. The van der Waals surface area contributed by atoms with Gasteiger partial charge in [-0.15, -0.1) is 0 Å². The Morgan fingerprint density at radius 1 is 1.11 bits per heavy atom. The largest absolute Gasteiger partial charge is 0.489 e. The van der Waals surface area contributed by atoms with Gasteiger partial charge in [0.25, 0.3) is 5.91 Å². The van der Waals surface area contributed by atoms with Gasteiger partial charge in [0.2, 0.25) is 11.5 Å². The number of ether oxygens (including phenoxy) is 2. The van der Waals surface area contributed by atoms with Gasteiger partial charge in [-0.1, -0.05) is 13.0 Å². The molecule has 2 amide bonds. The van der Waals surface area contributed by atoms with E-state index in [4.69, 9.17) is 15.2 Å². The zero-order valence-corrected chi connectivity index (χ0v) is 24.9. The van der Waals surface area contributed by atoms with Gasteiger partial charge in [-0.2, -0.15) is 13.2 Å². The molecule has 0 saturated heterocycles. The topological polar surface area (TPSA) is 137 Å². The van der Waals surface area contributed by atoms with E-state index < -0.39 is 47.1 Å². The van der Waals surface area contributed by atoms with E-state index >= 15 is 0 Å². The summed E-state index contributed by atoms with van der Waals surface area (Å²) in [4.78, 5) is 34.7. The highest BCUT2D eigenvalue weighted by Gasteiger charge is 2.58. The standard InChI is InChI=1S/C33H30F4N4O5/c1-3-31(30(38)43)16-45-28-23(31)14-25(41-27(28)18-6-8-21(34)9-7-18)32(44,33(35,36)37)15-39-29(42)20-12-19-5-4-17(2)40-26(19)24(13-20)46-22-10-11-22/h4-9,12-14,22,44H,3,10-11,15-16H2,1-2H3,(H2,38,43)(H,39,42)/t31-,32-/m0/s1. The Balaban J connectivity index is 1.41. The lowest BCUT2D eigenvalue weighted by Crippen LogP contribution is -2.52. The number of nitrogens with two attached hydrogens (primary N) is 1. The van der Waals surface area contributed by atoms with Crippen LogP contribution in [0.5, 0.6) is 11.5 Å². The summed E-state index contributed by atoms with van der Waals surface area (Å²) in [5.74, 6) is -2.03. The van der Waals surface area contributed by atoms with Gasteiger partial charge in [0.15, 0.2) is 0 Å². The average molecular weight is 639 g/mol. The summed E-state index contributed by atoms with van der Waals surface area (Å²) in [5.41, 5.74) is 0.824. The second-order valence-electron chi connectivity index (χ2n) is 11.7. The molecule has 0 spiro atoms. The Hall–Kier alpha value is -4.78. The SMILES string of the molecule is CC[C@]1(C(N)=O)COc2c1cc([C@@](O)(CNC(=O)c1cc(OC3CC3)c3nc(C)ccc3c1)C(F)(F)F)nc2-c1ccc(F)cc1. The van der Waals surface area contributed by atoms with Crippen LogP contribution in [0.2, 0.25) is 0 Å². The van der Waals surface area contributed by atoms with Gasteiger partial charge in [-0.25, -0.2) is 14.4 Å². The minimum absolute atomic E-state index is 0.0000145. The van der Waals surface area contributed by atoms with E-state index in [2.05, 4.69) is 15.3 Å². The van der Waals surface area contributed by atoms with Gasteiger partial charge >= 0.3 is 6.18 Å². The van der Waals surface area contributed by atoms with E-state index in [1.165, 1.54) is 24.3 Å². The number of nitrogens with zero attached hydrogens (tertiary/aromatic N) is 2. The van der Waals surface area contributed by atoms with Crippen molar-refractivity contribution < 1.29 is 41.7 Å². The minimum Gasteiger partial charge on any atom is -0.489 e. The molecule has 2 aromatic carbocycles. The van der Waals surface area contributed by atoms with Crippen LogP contribution in [0.1, 0.15) is 53.5 Å². The highest BCUT2D eigenvalue weighted by Crippen LogP contribution is 2.49. The molecule has 1 aliphatic carbocycles. The number of benzene rings is 2. The Morgan fingerprint density at radius 2 is 1.83 bits per heavy atom. The second kappa shape index (κ2) is 11.2. The van der Waals surface area contributed by atoms with Crippen LogP contribution in [-0.2, 0) is 15.8 Å². The second-order valence-corrected chi connectivity index (χ2v) is 11.7. The summed E-state index contributed by atoms with van der Waals surface area (Å²) < 4.78 is 70.0. The van der Waals surface area contributed by atoms with Crippen molar-refractivity contribution in [2.45, 2.75) is 56.4 Å². The van der Waals surface area contributed by atoms with E-state index in [0.29, 0.717) is 16.7 Å². The fourth-order valence-corrected chi connectivity index (χ4v) is 5.53. The lowest BCUT2D eigenvalue weighted by molar-refractivity contribution is -0.265. The molecular weight excluding hydrogens is 608 g/mol. The molecule has 1 fully saturated rings. The van der Waals surface area contributed by atoms with Crippen molar-refractivity contribution in [1.29, 1.82) is 0 Å². The Kier molecular flexibility index (Phi) is 7.62. The summed E-state index contributed by atoms with van der Waals surface area (Å²) in [7, 11) is 0. The summed E-state index contributed by atoms with van der Waals surface area (Å²) >= 11 is 0. The third-order valence-electron chi connectivity index (χ3n) is 8.52. The Labute approximate surface area is 260 Å². The number of aromatic nitrogens is 2. The number of fused-ring (bicyclic) bond motifs is 2. The lowest BCUT2D eigenvalue weighted by atomic mass is 9.78. The van der Waals surface area contributed by atoms with Crippen molar-refractivity contribution >= 4 is 22.7 Å². The van der Waals surface area contributed by atoms with Gasteiger partial charge in [-0.05, 0) is 74.7 Å². The first-order valence-corrected chi connectivity index (χ1v) is 14.7. The number of aryl methyl sites for hydroxylation is 1. The number of primary amides is 1. The lowest BCUT2D eigenvalue weighted by Gasteiger charge is -2.32. The number of rotatable bonds is 9. The zero-order chi connectivity index (χ0) is 33.0. The average Bonchev–Trinajstić information content (AvgIpc) is 3.75. The van der Waals surface area contributed by atoms with Crippen molar-refractivity contribution in [2.75, 3.05) is 13.2 Å². The number of halogens is 4. The molecule has 1 aliphatic heterocycles. The maximum absolute atomic E-state index is 14.8. The summed E-state index contributed by atoms with van der Waals surface area (Å²) in [5, 5.41) is 14.1. The van der Waals surface area contributed by atoms with Crippen molar-refractivity contribution in [1.82, 2.24) is 15.3 Å². The van der Waals surface area contributed by atoms with Crippen molar-refractivity contribution in [3.8, 4) is 22.8 Å². The van der Waals surface area contributed by atoms with Crippen molar-refractivity contribution in [3.63, 3.8) is 0 Å². The Bertz CT molecular complexity index is 1860. The number of nitrogens with one attached hydrogen (secondary N) is 1. The minimum atomic E-state index is -5.35. The number of alkyl halides is 3. The fourth-order valence-electron chi connectivity index (χ4n) is 5.53. The molecule has 9 nitrogen and oxygen atoms in total. The third kappa shape index (κ3) is 5.38. The van der Waals surface area contributed by atoms with Crippen LogP contribution in [0.3, 0.4) is 0 Å². The Morgan fingerprint density at radius 3 is 2.46 bits per heavy atom. The summed E-state index contributed by atoms with van der Waals surface area (Å²) in [6.07, 6.45) is -3.66. The smallest absolute Gasteiger partial charge is 0.424 e. The maximum Gasteiger partial charge on any atom is 0.424 e. The number of amides is 2. The molecule has 0 radical (unpaired) electrons. The van der Waals surface area contributed by atoms with E-state index in [9.17, 15) is 32.3 Å². The first-order valence-electron chi connectivity index (χ1n) is 14.7. The quantitative estimate of drug-likeness (QED) is 0.220. The molecule has 1 saturated carbocycles. The molecule has 0 unspecified atom stereocenters. The molecule has 3 heterocycles. The number of aliphatic hydroxyl groups is 1. The zero-order valence-electron chi connectivity index (χ0n) is 24.9. The van der Waals surface area contributed by atoms with Crippen LogP contribution in [0, 0.1) is 12.7 Å². The number of carbonyl (C=O) groups is 2. The van der Waals surface area contributed by atoms with Gasteiger partial charge < -0.3 is 25.6 Å². The predicted octanol–water partition coefficient (Wildman–Crippen LogP) is 4.99. The molecule has 6 rings (SSSR count). The van der Waals surface area contributed by atoms with Crippen LogP contribution in [0.25, 0.3) is 22.2 Å². The molecule has 4 aromatic rings. The van der Waals surface area contributed by atoms with Gasteiger partial charge in [0, 0.05) is 27.8 Å². The first-order chi connectivity index (χ1) is 21.8. The molecule has 13 heteroatoms. The number of hydrogen-bond acceptors (Lipinski definition) is 7. The highest BCUT2D eigenvalue weighted by molar-refractivity contribution is 6.00. The van der Waals surface area contributed by atoms with Gasteiger partial charge in [0.05, 0.1) is 18.3 Å². The van der Waals surface area contributed by atoms with Crippen molar-refractivity contribution in [3.05, 3.63) is 82.9 Å². The monoisotopic (exact) mass is 638 g/mol. The van der Waals surface area contributed by atoms with Crippen LogP contribution >= 0.6 is 0 Å². The third-order valence-corrected chi connectivity index (χ3v) is 8.52. The van der Waals surface area contributed by atoms with E-state index in [1.807, 2.05) is 0 Å². The molecule has 46 heavy (non-hydrogen) atoms. The highest BCUT2D eigenvalue weighted by atomic mass is 19.4. The van der Waals surface area contributed by atoms with Gasteiger partial charge in [-0.3, -0.25) is 9.59 Å². The molecule has 240 valence electrons. The molecule has 4 N–H and O–H groups in total. The normalized spacial score (nSPS) is 18.8.